The molecule has 2 nitrogen and oxygen atoms in total. The summed E-state index contributed by atoms with van der Waals surface area (Å²) in [5, 5.41) is 0.778. The summed E-state index contributed by atoms with van der Waals surface area (Å²) >= 11 is 5.97. The van der Waals surface area contributed by atoms with Crippen LogP contribution in [0.2, 0.25) is 5.02 Å². The smallest absolute Gasteiger partial charge is 0.114 e. The van der Waals surface area contributed by atoms with Gasteiger partial charge in [0, 0.05) is 18.0 Å². The molecule has 3 rings (SSSR count). The molecule has 0 aliphatic heterocycles. The van der Waals surface area contributed by atoms with Gasteiger partial charge < -0.3 is 4.57 Å². The van der Waals surface area contributed by atoms with E-state index in [1.807, 2.05) is 12.1 Å². The van der Waals surface area contributed by atoms with Crippen molar-refractivity contribution >= 4 is 22.6 Å². The molecule has 0 saturated heterocycles. The third-order valence-electron chi connectivity index (χ3n) is 3.99. The zero-order valence-corrected chi connectivity index (χ0v) is 13.7. The van der Waals surface area contributed by atoms with Gasteiger partial charge in [0.1, 0.15) is 5.82 Å². The van der Waals surface area contributed by atoms with Gasteiger partial charge in [-0.2, -0.15) is 0 Å². The molecule has 2 aromatic carbocycles. The summed E-state index contributed by atoms with van der Waals surface area (Å²) < 4.78 is 2.37. The monoisotopic (exact) mass is 312 g/mol. The Morgan fingerprint density at radius 3 is 2.55 bits per heavy atom. The van der Waals surface area contributed by atoms with Gasteiger partial charge in [-0.05, 0) is 36.2 Å². The second-order valence-electron chi connectivity index (χ2n) is 5.68. The molecule has 3 heteroatoms. The maximum Gasteiger partial charge on any atom is 0.114 e. The molecule has 0 N–H and O–H groups in total. The number of halogens is 1. The van der Waals surface area contributed by atoms with Crippen LogP contribution in [0.5, 0.6) is 0 Å². The molecule has 0 saturated carbocycles. The normalized spacial score (nSPS) is 11.2. The van der Waals surface area contributed by atoms with Crippen molar-refractivity contribution in [2.24, 2.45) is 0 Å². The van der Waals surface area contributed by atoms with Crippen LogP contribution in [0.1, 0.15) is 37.6 Å². The van der Waals surface area contributed by atoms with E-state index in [0.717, 1.165) is 29.3 Å². The molecule has 0 aliphatic rings. The van der Waals surface area contributed by atoms with E-state index in [1.54, 1.807) is 0 Å². The number of aromatic nitrogens is 2. The van der Waals surface area contributed by atoms with Crippen LogP contribution in [-0.2, 0) is 13.0 Å². The van der Waals surface area contributed by atoms with E-state index >= 15 is 0 Å². The van der Waals surface area contributed by atoms with Gasteiger partial charge in [0.15, 0.2) is 0 Å². The van der Waals surface area contributed by atoms with Crippen molar-refractivity contribution in [3.8, 4) is 0 Å². The number of unbranched alkanes of at least 4 members (excludes halogenated alkanes) is 2. The Morgan fingerprint density at radius 2 is 1.77 bits per heavy atom. The fraction of sp³-hybridized carbons (Fsp3) is 0.316. The highest BCUT2D eigenvalue weighted by Crippen LogP contribution is 2.20. The lowest BCUT2D eigenvalue weighted by atomic mass is 10.1. The molecule has 0 radical (unpaired) electrons. The minimum Gasteiger partial charge on any atom is -0.328 e. The first-order chi connectivity index (χ1) is 10.8. The summed E-state index contributed by atoms with van der Waals surface area (Å²) in [7, 11) is 0. The highest BCUT2D eigenvalue weighted by atomic mass is 35.5. The topological polar surface area (TPSA) is 17.8 Å². The standard InChI is InChI=1S/C19H21ClN2/c1-2-3-6-13-22-18-8-5-4-7-17(18)21-19(22)14-15-9-11-16(20)12-10-15/h4-5,7-12H,2-3,6,13-14H2,1H3. The van der Waals surface area contributed by atoms with Crippen LogP contribution in [0, 0.1) is 0 Å². The molecule has 0 unspecified atom stereocenters. The van der Waals surface area contributed by atoms with E-state index < -0.39 is 0 Å². The molecule has 0 bridgehead atoms. The van der Waals surface area contributed by atoms with E-state index in [4.69, 9.17) is 16.6 Å². The molecule has 3 aromatic rings. The number of fused-ring (bicyclic) bond motifs is 1. The van der Waals surface area contributed by atoms with Gasteiger partial charge in [0.05, 0.1) is 11.0 Å². The third-order valence-corrected chi connectivity index (χ3v) is 4.25. The van der Waals surface area contributed by atoms with Crippen molar-refractivity contribution in [1.82, 2.24) is 9.55 Å². The Labute approximate surface area is 136 Å². The number of benzene rings is 2. The van der Waals surface area contributed by atoms with Gasteiger partial charge in [-0.15, -0.1) is 0 Å². The van der Waals surface area contributed by atoms with Crippen LogP contribution in [-0.4, -0.2) is 9.55 Å². The van der Waals surface area contributed by atoms with E-state index in [0.29, 0.717) is 0 Å². The number of nitrogens with zero attached hydrogens (tertiary/aromatic N) is 2. The van der Waals surface area contributed by atoms with Crippen LogP contribution in [0.3, 0.4) is 0 Å². The molecular formula is C19H21ClN2. The van der Waals surface area contributed by atoms with Crippen molar-refractivity contribution in [2.75, 3.05) is 0 Å². The number of aryl methyl sites for hydroxylation is 1. The van der Waals surface area contributed by atoms with Gasteiger partial charge in [-0.3, -0.25) is 0 Å². The summed E-state index contributed by atoms with van der Waals surface area (Å²) in [5.74, 6) is 1.14. The molecule has 0 fully saturated rings. The summed E-state index contributed by atoms with van der Waals surface area (Å²) in [6.45, 7) is 3.28. The molecule has 114 valence electrons. The first kappa shape index (κ1) is 15.1. The van der Waals surface area contributed by atoms with Gasteiger partial charge in [0.2, 0.25) is 0 Å². The fourth-order valence-corrected chi connectivity index (χ4v) is 2.94. The van der Waals surface area contributed by atoms with Crippen molar-refractivity contribution < 1.29 is 0 Å². The summed E-state index contributed by atoms with van der Waals surface area (Å²) in [6.07, 6.45) is 4.54. The molecule has 0 amide bonds. The second-order valence-corrected chi connectivity index (χ2v) is 6.12. The van der Waals surface area contributed by atoms with Crippen molar-refractivity contribution in [1.29, 1.82) is 0 Å². The highest BCUT2D eigenvalue weighted by Gasteiger charge is 2.10. The maximum atomic E-state index is 5.97. The van der Waals surface area contributed by atoms with Gasteiger partial charge in [0.25, 0.3) is 0 Å². The van der Waals surface area contributed by atoms with E-state index in [9.17, 15) is 0 Å². The quantitative estimate of drug-likeness (QED) is 0.552. The van der Waals surface area contributed by atoms with Gasteiger partial charge in [-0.25, -0.2) is 4.98 Å². The van der Waals surface area contributed by atoms with Crippen molar-refractivity contribution in [3.63, 3.8) is 0 Å². The van der Waals surface area contributed by atoms with Crippen LogP contribution in [0.15, 0.2) is 48.5 Å². The second kappa shape index (κ2) is 6.97. The van der Waals surface area contributed by atoms with Crippen molar-refractivity contribution in [3.05, 3.63) is 64.9 Å². The SMILES string of the molecule is CCCCCn1c(Cc2ccc(Cl)cc2)nc2ccccc21. The Kier molecular flexibility index (Phi) is 4.79. The number of para-hydroxylation sites is 2. The lowest BCUT2D eigenvalue weighted by Gasteiger charge is -2.09. The number of hydrogen-bond donors (Lipinski definition) is 0. The van der Waals surface area contributed by atoms with Crippen LogP contribution >= 0.6 is 11.6 Å². The largest absolute Gasteiger partial charge is 0.328 e. The first-order valence-corrected chi connectivity index (χ1v) is 8.34. The van der Waals surface area contributed by atoms with E-state index in [1.165, 1.54) is 30.3 Å². The van der Waals surface area contributed by atoms with E-state index in [-0.39, 0.29) is 0 Å². The molecular weight excluding hydrogens is 292 g/mol. The number of imidazole rings is 1. The molecule has 0 aliphatic carbocycles. The maximum absolute atomic E-state index is 5.97. The van der Waals surface area contributed by atoms with Gasteiger partial charge in [-0.1, -0.05) is 55.6 Å². The third kappa shape index (κ3) is 3.33. The average Bonchev–Trinajstić information content (AvgIpc) is 2.88. The average molecular weight is 313 g/mol. The molecule has 22 heavy (non-hydrogen) atoms. The lowest BCUT2D eigenvalue weighted by Crippen LogP contribution is -2.05. The predicted molar refractivity (Wildman–Crippen MR) is 93.5 cm³/mol. The predicted octanol–water partition coefficient (Wildman–Crippen LogP) is 5.47. The summed E-state index contributed by atoms with van der Waals surface area (Å²) in [4.78, 5) is 4.84. The van der Waals surface area contributed by atoms with E-state index in [2.05, 4.69) is 47.9 Å². The van der Waals surface area contributed by atoms with Crippen LogP contribution in [0.25, 0.3) is 11.0 Å². The Bertz CT molecular complexity index is 744. The minimum atomic E-state index is 0.778. The molecule has 1 heterocycles. The summed E-state index contributed by atoms with van der Waals surface area (Å²) in [5.41, 5.74) is 3.57. The minimum absolute atomic E-state index is 0.778. The van der Waals surface area contributed by atoms with Crippen molar-refractivity contribution in [2.45, 2.75) is 39.2 Å². The lowest BCUT2D eigenvalue weighted by molar-refractivity contribution is 0.596. The fourth-order valence-electron chi connectivity index (χ4n) is 2.81. The molecule has 1 aromatic heterocycles. The molecule has 0 atom stereocenters. The van der Waals surface area contributed by atoms with Crippen LogP contribution < -0.4 is 0 Å². The Hall–Kier alpha value is -1.80. The zero-order chi connectivity index (χ0) is 15.4. The first-order valence-electron chi connectivity index (χ1n) is 7.96. The Morgan fingerprint density at radius 1 is 1.00 bits per heavy atom. The highest BCUT2D eigenvalue weighted by molar-refractivity contribution is 6.30. The Balaban J connectivity index is 1.92. The molecule has 0 spiro atoms. The number of hydrogen-bond acceptors (Lipinski definition) is 1. The van der Waals surface area contributed by atoms with Gasteiger partial charge >= 0.3 is 0 Å². The van der Waals surface area contributed by atoms with Crippen LogP contribution in [0.4, 0.5) is 0 Å². The number of rotatable bonds is 6. The summed E-state index contributed by atoms with van der Waals surface area (Å²) in [6, 6.07) is 16.5. The zero-order valence-electron chi connectivity index (χ0n) is 12.9.